The van der Waals surface area contributed by atoms with Crippen LogP contribution in [-0.4, -0.2) is 23.4 Å². The first-order valence-corrected chi connectivity index (χ1v) is 7.04. The Hall–Kier alpha value is -2.02. The number of hydrogen-bond donors (Lipinski definition) is 2. The third-order valence-corrected chi connectivity index (χ3v) is 3.58. The van der Waals surface area contributed by atoms with Crippen molar-refractivity contribution >= 4 is 17.3 Å². The molecular formula is C14H18FN3O3. The number of piperidine rings is 1. The minimum absolute atomic E-state index is 0.211. The van der Waals surface area contributed by atoms with E-state index in [1.54, 1.807) is 0 Å². The molecule has 0 radical (unpaired) electrons. The van der Waals surface area contributed by atoms with Crippen LogP contribution in [0.1, 0.15) is 32.1 Å². The molecule has 6 nitrogen and oxygen atoms in total. The number of carbonyl (C=O) groups is 1. The van der Waals surface area contributed by atoms with Gasteiger partial charge in [-0.25, -0.2) is 4.39 Å². The molecule has 0 saturated carbocycles. The Bertz CT molecular complexity index is 530. The molecule has 1 aromatic carbocycles. The second-order valence-electron chi connectivity index (χ2n) is 5.12. The van der Waals surface area contributed by atoms with E-state index >= 15 is 0 Å². The standard InChI is InChI=1S/C14H18FN3O3/c15-11-5-3-6-12(18(20)21)14(11)17-13(19)8-7-10-4-1-2-9-16-10/h3,5-6,10,16H,1-2,4,7-9H2,(H,17,19). The van der Waals surface area contributed by atoms with Crippen LogP contribution in [0.5, 0.6) is 0 Å². The molecule has 1 aromatic rings. The largest absolute Gasteiger partial charge is 0.318 e. The first-order valence-electron chi connectivity index (χ1n) is 7.04. The lowest BCUT2D eigenvalue weighted by atomic mass is 10.0. The van der Waals surface area contributed by atoms with Crippen LogP contribution in [0.2, 0.25) is 0 Å². The molecule has 1 aliphatic heterocycles. The van der Waals surface area contributed by atoms with E-state index in [-0.39, 0.29) is 12.1 Å². The average molecular weight is 295 g/mol. The number of anilines is 1. The number of rotatable bonds is 5. The third kappa shape index (κ3) is 4.22. The highest BCUT2D eigenvalue weighted by atomic mass is 19.1. The molecule has 114 valence electrons. The molecule has 1 unspecified atom stereocenters. The van der Waals surface area contributed by atoms with Crippen LogP contribution in [0.25, 0.3) is 0 Å². The minimum atomic E-state index is -0.798. The van der Waals surface area contributed by atoms with Crippen molar-refractivity contribution < 1.29 is 14.1 Å². The number of amides is 1. The van der Waals surface area contributed by atoms with E-state index in [0.717, 1.165) is 31.9 Å². The van der Waals surface area contributed by atoms with Crippen molar-refractivity contribution in [3.05, 3.63) is 34.1 Å². The highest BCUT2D eigenvalue weighted by molar-refractivity contribution is 5.93. The van der Waals surface area contributed by atoms with Crippen molar-refractivity contribution in [2.24, 2.45) is 0 Å². The van der Waals surface area contributed by atoms with E-state index in [2.05, 4.69) is 10.6 Å². The van der Waals surface area contributed by atoms with Crippen LogP contribution in [0, 0.1) is 15.9 Å². The zero-order valence-corrected chi connectivity index (χ0v) is 11.6. The lowest BCUT2D eigenvalue weighted by molar-refractivity contribution is -0.384. The maximum atomic E-state index is 13.6. The van der Waals surface area contributed by atoms with Crippen LogP contribution >= 0.6 is 0 Å². The molecule has 1 fully saturated rings. The van der Waals surface area contributed by atoms with Gasteiger partial charge in [0.25, 0.3) is 5.69 Å². The Morgan fingerprint density at radius 2 is 2.29 bits per heavy atom. The van der Waals surface area contributed by atoms with E-state index in [1.165, 1.54) is 12.1 Å². The monoisotopic (exact) mass is 295 g/mol. The Morgan fingerprint density at radius 1 is 1.48 bits per heavy atom. The summed E-state index contributed by atoms with van der Waals surface area (Å²) in [6.45, 7) is 0.949. The van der Waals surface area contributed by atoms with Gasteiger partial charge in [0.2, 0.25) is 5.91 Å². The number of nitrogens with zero attached hydrogens (tertiary/aromatic N) is 1. The Morgan fingerprint density at radius 3 is 2.95 bits per heavy atom. The summed E-state index contributed by atoms with van der Waals surface area (Å²) in [6, 6.07) is 3.79. The second kappa shape index (κ2) is 7.12. The molecule has 2 N–H and O–H groups in total. The summed E-state index contributed by atoms with van der Waals surface area (Å²) in [5, 5.41) is 16.5. The maximum absolute atomic E-state index is 13.6. The molecule has 1 aliphatic rings. The van der Waals surface area contributed by atoms with Gasteiger partial charge in [-0.3, -0.25) is 14.9 Å². The molecule has 0 aromatic heterocycles. The van der Waals surface area contributed by atoms with Crippen molar-refractivity contribution in [2.45, 2.75) is 38.1 Å². The van der Waals surface area contributed by atoms with E-state index in [1.807, 2.05) is 0 Å². The number of carbonyl (C=O) groups excluding carboxylic acids is 1. The topological polar surface area (TPSA) is 84.3 Å². The molecule has 1 saturated heterocycles. The number of hydrogen-bond acceptors (Lipinski definition) is 4. The molecular weight excluding hydrogens is 277 g/mol. The summed E-state index contributed by atoms with van der Waals surface area (Å²) in [5.41, 5.74) is -0.789. The predicted octanol–water partition coefficient (Wildman–Crippen LogP) is 2.59. The number of nitro benzene ring substituents is 1. The zero-order valence-electron chi connectivity index (χ0n) is 11.6. The first kappa shape index (κ1) is 15.4. The lowest BCUT2D eigenvalue weighted by Crippen LogP contribution is -2.34. The number of nitrogens with one attached hydrogen (secondary N) is 2. The first-order chi connectivity index (χ1) is 10.1. The molecule has 2 rings (SSSR count). The molecule has 21 heavy (non-hydrogen) atoms. The van der Waals surface area contributed by atoms with E-state index in [0.29, 0.717) is 12.5 Å². The van der Waals surface area contributed by atoms with Crippen molar-refractivity contribution in [1.82, 2.24) is 5.32 Å². The van der Waals surface area contributed by atoms with Crippen LogP contribution in [0.15, 0.2) is 18.2 Å². The van der Waals surface area contributed by atoms with Gasteiger partial charge in [-0.05, 0) is 31.9 Å². The van der Waals surface area contributed by atoms with Gasteiger partial charge in [-0.15, -0.1) is 0 Å². The molecule has 1 heterocycles. The summed E-state index contributed by atoms with van der Waals surface area (Å²) in [6.07, 6.45) is 4.16. The predicted molar refractivity (Wildman–Crippen MR) is 76.6 cm³/mol. The van der Waals surface area contributed by atoms with Gasteiger partial charge in [0.1, 0.15) is 0 Å². The van der Waals surface area contributed by atoms with Crippen LogP contribution in [0.4, 0.5) is 15.8 Å². The summed E-state index contributed by atoms with van der Waals surface area (Å²) in [7, 11) is 0. The second-order valence-corrected chi connectivity index (χ2v) is 5.12. The van der Waals surface area contributed by atoms with Crippen molar-refractivity contribution in [1.29, 1.82) is 0 Å². The van der Waals surface area contributed by atoms with Crippen LogP contribution < -0.4 is 10.6 Å². The molecule has 0 aliphatic carbocycles. The Kier molecular flexibility index (Phi) is 5.21. The van der Waals surface area contributed by atoms with Gasteiger partial charge in [-0.1, -0.05) is 12.5 Å². The van der Waals surface area contributed by atoms with Crippen LogP contribution in [0.3, 0.4) is 0 Å². The van der Waals surface area contributed by atoms with E-state index < -0.39 is 22.3 Å². The van der Waals surface area contributed by atoms with Crippen molar-refractivity contribution in [3.63, 3.8) is 0 Å². The lowest BCUT2D eigenvalue weighted by Gasteiger charge is -2.23. The minimum Gasteiger partial charge on any atom is -0.318 e. The molecule has 0 spiro atoms. The molecule has 0 bridgehead atoms. The molecule has 1 amide bonds. The van der Waals surface area contributed by atoms with Gasteiger partial charge in [-0.2, -0.15) is 0 Å². The number of nitro groups is 1. The molecule has 7 heteroatoms. The van der Waals surface area contributed by atoms with Gasteiger partial charge < -0.3 is 10.6 Å². The Balaban J connectivity index is 1.94. The third-order valence-electron chi connectivity index (χ3n) is 3.58. The van der Waals surface area contributed by atoms with Crippen LogP contribution in [-0.2, 0) is 4.79 Å². The van der Waals surface area contributed by atoms with E-state index in [4.69, 9.17) is 0 Å². The fourth-order valence-electron chi connectivity index (χ4n) is 2.47. The van der Waals surface area contributed by atoms with Gasteiger partial charge in [0.05, 0.1) is 4.92 Å². The van der Waals surface area contributed by atoms with Gasteiger partial charge >= 0.3 is 0 Å². The Labute approximate surface area is 121 Å². The smallest absolute Gasteiger partial charge is 0.295 e. The van der Waals surface area contributed by atoms with Crippen molar-refractivity contribution in [3.8, 4) is 0 Å². The van der Waals surface area contributed by atoms with Crippen molar-refractivity contribution in [2.75, 3.05) is 11.9 Å². The fraction of sp³-hybridized carbons (Fsp3) is 0.500. The average Bonchev–Trinajstić information content (AvgIpc) is 2.48. The summed E-state index contributed by atoms with van der Waals surface area (Å²) in [4.78, 5) is 22.0. The quantitative estimate of drug-likeness (QED) is 0.646. The van der Waals surface area contributed by atoms with Gasteiger partial charge in [0, 0.05) is 18.5 Å². The highest BCUT2D eigenvalue weighted by Crippen LogP contribution is 2.27. The number of halogens is 1. The maximum Gasteiger partial charge on any atom is 0.295 e. The zero-order chi connectivity index (χ0) is 15.2. The highest BCUT2D eigenvalue weighted by Gasteiger charge is 2.20. The fourth-order valence-corrected chi connectivity index (χ4v) is 2.47. The molecule has 1 atom stereocenters. The number of para-hydroxylation sites is 1. The van der Waals surface area contributed by atoms with Gasteiger partial charge in [0.15, 0.2) is 11.5 Å². The SMILES string of the molecule is O=C(CCC1CCCCN1)Nc1c(F)cccc1[N+](=O)[O-]. The normalized spacial score (nSPS) is 18.2. The summed E-state index contributed by atoms with van der Waals surface area (Å²) in [5.74, 6) is -1.20. The summed E-state index contributed by atoms with van der Waals surface area (Å²) < 4.78 is 13.6. The van der Waals surface area contributed by atoms with E-state index in [9.17, 15) is 19.3 Å². The number of benzene rings is 1. The summed E-state index contributed by atoms with van der Waals surface area (Å²) >= 11 is 0.